The van der Waals surface area contributed by atoms with Gasteiger partial charge in [0.15, 0.2) is 0 Å². The molecule has 3 nitrogen and oxygen atoms in total. The smallest absolute Gasteiger partial charge is 0.214 e. The van der Waals surface area contributed by atoms with Crippen molar-refractivity contribution in [2.75, 3.05) is 6.54 Å². The Labute approximate surface area is 68.4 Å². The van der Waals surface area contributed by atoms with Crippen LogP contribution in [-0.2, 0) is 0 Å². The number of nitrogens with zero attached hydrogens (tertiary/aromatic N) is 2. The van der Waals surface area contributed by atoms with E-state index in [0.29, 0.717) is 5.96 Å². The molecular formula is C8H17N3. The van der Waals surface area contributed by atoms with E-state index >= 15 is 0 Å². The Balaban J connectivity index is 3.19. The van der Waals surface area contributed by atoms with E-state index in [2.05, 4.69) is 23.6 Å². The van der Waals surface area contributed by atoms with Gasteiger partial charge >= 0.3 is 0 Å². The van der Waals surface area contributed by atoms with Crippen LogP contribution in [0.15, 0.2) is 9.98 Å². The Bertz CT molecular complexity index is 129. The van der Waals surface area contributed by atoms with Gasteiger partial charge in [-0.25, -0.2) is 4.99 Å². The predicted molar refractivity (Wildman–Crippen MR) is 50.2 cm³/mol. The second-order valence-electron chi connectivity index (χ2n) is 2.46. The Morgan fingerprint density at radius 1 is 1.36 bits per heavy atom. The molecule has 0 aromatic heterocycles. The number of unbranched alkanes of at least 4 members (excludes halogenated alkanes) is 3. The van der Waals surface area contributed by atoms with Gasteiger partial charge in [-0.1, -0.05) is 26.2 Å². The highest BCUT2D eigenvalue weighted by Crippen LogP contribution is 1.98. The van der Waals surface area contributed by atoms with Crippen molar-refractivity contribution in [1.82, 2.24) is 0 Å². The minimum atomic E-state index is 0.307. The molecule has 0 heterocycles. The first-order valence-corrected chi connectivity index (χ1v) is 4.08. The van der Waals surface area contributed by atoms with Crippen LogP contribution in [0, 0.1) is 0 Å². The van der Waals surface area contributed by atoms with Crippen LogP contribution in [0.25, 0.3) is 0 Å². The molecule has 0 aliphatic rings. The van der Waals surface area contributed by atoms with Crippen LogP contribution in [-0.4, -0.2) is 19.2 Å². The van der Waals surface area contributed by atoms with E-state index < -0.39 is 0 Å². The molecule has 3 heteroatoms. The summed E-state index contributed by atoms with van der Waals surface area (Å²) >= 11 is 0. The molecule has 2 N–H and O–H groups in total. The fraction of sp³-hybridized carbons (Fsp3) is 0.750. The third-order valence-corrected chi connectivity index (χ3v) is 1.45. The molecule has 0 saturated carbocycles. The zero-order chi connectivity index (χ0) is 8.53. The highest BCUT2D eigenvalue weighted by Gasteiger charge is 1.86. The van der Waals surface area contributed by atoms with Gasteiger partial charge in [-0.2, -0.15) is 0 Å². The molecule has 0 radical (unpaired) electrons. The lowest BCUT2D eigenvalue weighted by Gasteiger charge is -1.94. The number of rotatable bonds is 5. The zero-order valence-electron chi connectivity index (χ0n) is 7.21. The maximum atomic E-state index is 5.31. The van der Waals surface area contributed by atoms with Crippen LogP contribution >= 0.6 is 0 Å². The predicted octanol–water partition coefficient (Wildman–Crippen LogP) is 1.58. The topological polar surface area (TPSA) is 50.7 Å². The molecule has 0 saturated heterocycles. The lowest BCUT2D eigenvalue weighted by molar-refractivity contribution is 0.674. The third kappa shape index (κ3) is 7.03. The maximum Gasteiger partial charge on any atom is 0.214 e. The van der Waals surface area contributed by atoms with E-state index in [9.17, 15) is 0 Å². The summed E-state index contributed by atoms with van der Waals surface area (Å²) in [5.74, 6) is 0.307. The summed E-state index contributed by atoms with van der Waals surface area (Å²) in [7, 11) is 0. The molecule has 0 aliphatic carbocycles. The van der Waals surface area contributed by atoms with Gasteiger partial charge in [-0.05, 0) is 13.1 Å². The summed E-state index contributed by atoms with van der Waals surface area (Å²) in [6, 6.07) is 0. The molecule has 0 amide bonds. The summed E-state index contributed by atoms with van der Waals surface area (Å²) in [5, 5.41) is 0. The van der Waals surface area contributed by atoms with Crippen LogP contribution in [0.5, 0.6) is 0 Å². The highest BCUT2D eigenvalue weighted by molar-refractivity contribution is 5.82. The van der Waals surface area contributed by atoms with E-state index in [1.807, 2.05) is 0 Å². The SMILES string of the molecule is C=NC(N)=NCCCCCC. The minimum absolute atomic E-state index is 0.307. The van der Waals surface area contributed by atoms with E-state index in [0.717, 1.165) is 13.0 Å². The van der Waals surface area contributed by atoms with E-state index in [1.54, 1.807) is 0 Å². The van der Waals surface area contributed by atoms with Crippen LogP contribution in [0.2, 0.25) is 0 Å². The number of aliphatic imine (C=N–C) groups is 2. The number of hydrogen-bond acceptors (Lipinski definition) is 1. The molecule has 0 aliphatic heterocycles. The molecule has 0 unspecified atom stereocenters. The largest absolute Gasteiger partial charge is 0.368 e. The molecule has 0 aromatic rings. The van der Waals surface area contributed by atoms with Crippen molar-refractivity contribution in [1.29, 1.82) is 0 Å². The molecule has 0 fully saturated rings. The Hall–Kier alpha value is -0.860. The van der Waals surface area contributed by atoms with Gasteiger partial charge in [0, 0.05) is 6.54 Å². The number of nitrogens with two attached hydrogens (primary N) is 1. The quantitative estimate of drug-likeness (QED) is 0.366. The van der Waals surface area contributed by atoms with Gasteiger partial charge in [0.1, 0.15) is 0 Å². The van der Waals surface area contributed by atoms with Gasteiger partial charge in [-0.15, -0.1) is 0 Å². The summed E-state index contributed by atoms with van der Waals surface area (Å²) in [4.78, 5) is 7.46. The zero-order valence-corrected chi connectivity index (χ0v) is 7.21. The molecular weight excluding hydrogens is 138 g/mol. The molecule has 0 bridgehead atoms. The average Bonchev–Trinajstić information content (AvgIpc) is 2.04. The van der Waals surface area contributed by atoms with Crippen LogP contribution < -0.4 is 5.73 Å². The number of hydrogen-bond donors (Lipinski definition) is 1. The summed E-state index contributed by atoms with van der Waals surface area (Å²) < 4.78 is 0. The van der Waals surface area contributed by atoms with Crippen molar-refractivity contribution >= 4 is 12.7 Å². The summed E-state index contributed by atoms with van der Waals surface area (Å²) in [6.07, 6.45) is 4.85. The normalized spacial score (nSPS) is 11.5. The van der Waals surface area contributed by atoms with Gasteiger partial charge in [0.05, 0.1) is 0 Å². The molecule has 64 valence electrons. The minimum Gasteiger partial charge on any atom is -0.368 e. The monoisotopic (exact) mass is 155 g/mol. The first-order chi connectivity index (χ1) is 5.31. The van der Waals surface area contributed by atoms with Gasteiger partial charge in [-0.3, -0.25) is 4.99 Å². The maximum absolute atomic E-state index is 5.31. The average molecular weight is 155 g/mol. The summed E-state index contributed by atoms with van der Waals surface area (Å²) in [5.41, 5.74) is 5.31. The van der Waals surface area contributed by atoms with Crippen molar-refractivity contribution < 1.29 is 0 Å². The van der Waals surface area contributed by atoms with Gasteiger partial charge in [0.2, 0.25) is 5.96 Å². The molecule has 0 aromatic carbocycles. The van der Waals surface area contributed by atoms with Crippen LogP contribution in [0.1, 0.15) is 32.6 Å². The van der Waals surface area contributed by atoms with E-state index in [1.165, 1.54) is 19.3 Å². The summed E-state index contributed by atoms with van der Waals surface area (Å²) in [6.45, 7) is 6.24. The van der Waals surface area contributed by atoms with Crippen molar-refractivity contribution in [2.45, 2.75) is 32.6 Å². The fourth-order valence-electron chi connectivity index (χ4n) is 0.782. The lowest BCUT2D eigenvalue weighted by Crippen LogP contribution is -2.07. The molecule has 0 spiro atoms. The van der Waals surface area contributed by atoms with Crippen molar-refractivity contribution in [3.05, 3.63) is 0 Å². The fourth-order valence-corrected chi connectivity index (χ4v) is 0.782. The van der Waals surface area contributed by atoms with Crippen molar-refractivity contribution in [3.8, 4) is 0 Å². The lowest BCUT2D eigenvalue weighted by atomic mass is 10.2. The second-order valence-corrected chi connectivity index (χ2v) is 2.46. The van der Waals surface area contributed by atoms with Crippen molar-refractivity contribution in [2.24, 2.45) is 15.7 Å². The van der Waals surface area contributed by atoms with Gasteiger partial charge in [0.25, 0.3) is 0 Å². The first-order valence-electron chi connectivity index (χ1n) is 4.08. The Morgan fingerprint density at radius 2 is 2.09 bits per heavy atom. The molecule has 0 atom stereocenters. The molecule has 0 rings (SSSR count). The Kier molecular flexibility index (Phi) is 6.68. The van der Waals surface area contributed by atoms with Crippen LogP contribution in [0.4, 0.5) is 0 Å². The second kappa shape index (κ2) is 7.25. The third-order valence-electron chi connectivity index (χ3n) is 1.45. The first kappa shape index (κ1) is 10.1. The number of guanidine groups is 1. The highest BCUT2D eigenvalue weighted by atomic mass is 15.0. The Morgan fingerprint density at radius 3 is 2.64 bits per heavy atom. The standard InChI is InChI=1S/C8H17N3/c1-3-4-5-6-7-11-8(9)10-2/h2-7H2,1H3,(H2,9,11). The van der Waals surface area contributed by atoms with Gasteiger partial charge < -0.3 is 5.73 Å². The van der Waals surface area contributed by atoms with E-state index in [4.69, 9.17) is 5.73 Å². The molecule has 11 heavy (non-hydrogen) atoms. The van der Waals surface area contributed by atoms with E-state index in [-0.39, 0.29) is 0 Å². The van der Waals surface area contributed by atoms with Crippen LogP contribution in [0.3, 0.4) is 0 Å². The van der Waals surface area contributed by atoms with Crippen molar-refractivity contribution in [3.63, 3.8) is 0 Å².